The van der Waals surface area contributed by atoms with Crippen LogP contribution in [0.5, 0.6) is 0 Å². The molecule has 0 saturated heterocycles. The molecule has 2 aliphatic rings. The molecule has 2 N–H and O–H groups in total. The van der Waals surface area contributed by atoms with E-state index in [4.69, 9.17) is 0 Å². The molecule has 0 aromatic carbocycles. The average Bonchev–Trinajstić information content (AvgIpc) is 2.92. The molecule has 0 aliphatic heterocycles. The number of nitrogens with one attached hydrogen (secondary N) is 1. The van der Waals surface area contributed by atoms with E-state index in [1.54, 1.807) is 0 Å². The van der Waals surface area contributed by atoms with Gasteiger partial charge in [-0.05, 0) is 31.4 Å². The van der Waals surface area contributed by atoms with Gasteiger partial charge >= 0.3 is 0 Å². The zero-order chi connectivity index (χ0) is 13.6. The molecule has 0 spiro atoms. The van der Waals surface area contributed by atoms with Gasteiger partial charge in [0.2, 0.25) is 0 Å². The average molecular weight is 285 g/mol. The standard InChI is InChI=1S/C16H31NOS/c1-19-16(9-5-2-6-10-16)13-17-12-15(18)11-14-7-3-4-8-14/h14-15,17-18H,2-13H2,1H3. The highest BCUT2D eigenvalue weighted by molar-refractivity contribution is 8.00. The van der Waals surface area contributed by atoms with Gasteiger partial charge < -0.3 is 10.4 Å². The Labute approximate surface area is 123 Å². The molecule has 2 saturated carbocycles. The number of aliphatic hydroxyl groups is 1. The molecule has 1 unspecified atom stereocenters. The van der Waals surface area contributed by atoms with Crippen LogP contribution in [-0.4, -0.2) is 35.3 Å². The van der Waals surface area contributed by atoms with Crippen molar-refractivity contribution < 1.29 is 5.11 Å². The van der Waals surface area contributed by atoms with Gasteiger partial charge in [-0.2, -0.15) is 11.8 Å². The van der Waals surface area contributed by atoms with Crippen molar-refractivity contribution in [2.45, 2.75) is 75.1 Å². The number of hydrogen-bond acceptors (Lipinski definition) is 3. The van der Waals surface area contributed by atoms with Crippen molar-refractivity contribution in [1.29, 1.82) is 0 Å². The fourth-order valence-electron chi connectivity index (χ4n) is 3.83. The van der Waals surface area contributed by atoms with Crippen molar-refractivity contribution >= 4 is 11.8 Å². The van der Waals surface area contributed by atoms with Crippen molar-refractivity contribution in [3.8, 4) is 0 Å². The van der Waals surface area contributed by atoms with E-state index in [-0.39, 0.29) is 6.10 Å². The van der Waals surface area contributed by atoms with Crippen molar-refractivity contribution in [2.24, 2.45) is 5.92 Å². The molecule has 2 nitrogen and oxygen atoms in total. The third-order valence-corrected chi connectivity index (χ3v) is 6.52. The molecule has 1 atom stereocenters. The second-order valence-corrected chi connectivity index (χ2v) is 7.89. The van der Waals surface area contributed by atoms with E-state index in [9.17, 15) is 5.11 Å². The molecular formula is C16H31NOS. The first-order valence-corrected chi connectivity index (χ1v) is 9.40. The minimum atomic E-state index is -0.134. The minimum Gasteiger partial charge on any atom is -0.392 e. The molecular weight excluding hydrogens is 254 g/mol. The number of rotatable bonds is 7. The number of hydrogen-bond donors (Lipinski definition) is 2. The lowest BCUT2D eigenvalue weighted by Crippen LogP contribution is -2.42. The quantitative estimate of drug-likeness (QED) is 0.750. The van der Waals surface area contributed by atoms with Crippen LogP contribution in [0.4, 0.5) is 0 Å². The summed E-state index contributed by atoms with van der Waals surface area (Å²) in [7, 11) is 0. The third-order valence-electron chi connectivity index (χ3n) is 5.11. The largest absolute Gasteiger partial charge is 0.392 e. The molecule has 0 amide bonds. The van der Waals surface area contributed by atoms with Gasteiger partial charge in [0.05, 0.1) is 6.10 Å². The topological polar surface area (TPSA) is 32.3 Å². The highest BCUT2D eigenvalue weighted by Gasteiger charge is 2.30. The summed E-state index contributed by atoms with van der Waals surface area (Å²) in [5.41, 5.74) is 0. The Morgan fingerprint density at radius 3 is 2.47 bits per heavy atom. The first kappa shape index (κ1) is 15.7. The van der Waals surface area contributed by atoms with E-state index in [0.29, 0.717) is 4.75 Å². The lowest BCUT2D eigenvalue weighted by molar-refractivity contribution is 0.139. The summed E-state index contributed by atoms with van der Waals surface area (Å²) in [5, 5.41) is 13.7. The van der Waals surface area contributed by atoms with Crippen LogP contribution in [0.2, 0.25) is 0 Å². The van der Waals surface area contributed by atoms with E-state index in [1.165, 1.54) is 57.8 Å². The Kier molecular flexibility index (Phi) is 6.51. The van der Waals surface area contributed by atoms with E-state index in [0.717, 1.165) is 25.4 Å². The number of aliphatic hydroxyl groups excluding tert-OH is 1. The second kappa shape index (κ2) is 7.90. The molecule has 0 heterocycles. The molecule has 3 heteroatoms. The molecule has 0 bridgehead atoms. The van der Waals surface area contributed by atoms with Crippen LogP contribution < -0.4 is 5.32 Å². The first-order valence-electron chi connectivity index (χ1n) is 8.18. The number of thioether (sulfide) groups is 1. The van der Waals surface area contributed by atoms with Gasteiger partial charge in [0.25, 0.3) is 0 Å². The SMILES string of the molecule is CSC1(CNCC(O)CC2CCCC2)CCCCC1. The zero-order valence-corrected chi connectivity index (χ0v) is 13.3. The fourth-order valence-corrected chi connectivity index (χ4v) is 4.77. The molecule has 0 aromatic heterocycles. The fraction of sp³-hybridized carbons (Fsp3) is 1.00. The zero-order valence-electron chi connectivity index (χ0n) is 12.5. The van der Waals surface area contributed by atoms with Crippen LogP contribution in [0.1, 0.15) is 64.2 Å². The maximum absolute atomic E-state index is 10.1. The molecule has 2 fully saturated rings. The Morgan fingerprint density at radius 2 is 1.84 bits per heavy atom. The van der Waals surface area contributed by atoms with Crippen LogP contribution in [0.25, 0.3) is 0 Å². The summed E-state index contributed by atoms with van der Waals surface area (Å²) in [6.07, 6.45) is 15.4. The lowest BCUT2D eigenvalue weighted by Gasteiger charge is -2.36. The predicted molar refractivity (Wildman–Crippen MR) is 84.8 cm³/mol. The van der Waals surface area contributed by atoms with Crippen LogP contribution in [0, 0.1) is 5.92 Å². The Morgan fingerprint density at radius 1 is 1.16 bits per heavy atom. The Bertz CT molecular complexity index is 247. The molecule has 2 rings (SSSR count). The van der Waals surface area contributed by atoms with E-state index < -0.39 is 0 Å². The van der Waals surface area contributed by atoms with Gasteiger partial charge in [0.15, 0.2) is 0 Å². The van der Waals surface area contributed by atoms with E-state index in [2.05, 4.69) is 11.6 Å². The van der Waals surface area contributed by atoms with Crippen molar-refractivity contribution in [3.63, 3.8) is 0 Å². The van der Waals surface area contributed by atoms with Crippen LogP contribution >= 0.6 is 11.8 Å². The van der Waals surface area contributed by atoms with Crippen molar-refractivity contribution in [2.75, 3.05) is 19.3 Å². The van der Waals surface area contributed by atoms with Gasteiger partial charge in [-0.1, -0.05) is 44.9 Å². The van der Waals surface area contributed by atoms with E-state index in [1.807, 2.05) is 11.8 Å². The highest BCUT2D eigenvalue weighted by atomic mass is 32.2. The molecule has 112 valence electrons. The summed E-state index contributed by atoms with van der Waals surface area (Å²) in [4.78, 5) is 0. The van der Waals surface area contributed by atoms with Gasteiger partial charge in [-0.15, -0.1) is 0 Å². The molecule has 19 heavy (non-hydrogen) atoms. The maximum atomic E-state index is 10.1. The maximum Gasteiger partial charge on any atom is 0.0667 e. The third kappa shape index (κ3) is 4.95. The Hall–Kier alpha value is 0.270. The van der Waals surface area contributed by atoms with Gasteiger partial charge in [-0.25, -0.2) is 0 Å². The summed E-state index contributed by atoms with van der Waals surface area (Å²) in [6.45, 7) is 1.87. The predicted octanol–water partition coefficient (Wildman–Crippen LogP) is 3.58. The molecule has 0 aromatic rings. The summed E-state index contributed by atoms with van der Waals surface area (Å²) in [6, 6.07) is 0. The highest BCUT2D eigenvalue weighted by Crippen LogP contribution is 2.38. The molecule has 2 aliphatic carbocycles. The van der Waals surface area contributed by atoms with Crippen LogP contribution in [0.15, 0.2) is 0 Å². The monoisotopic (exact) mass is 285 g/mol. The normalized spacial score (nSPS) is 25.6. The Balaban J connectivity index is 1.63. The van der Waals surface area contributed by atoms with Crippen molar-refractivity contribution in [3.05, 3.63) is 0 Å². The summed E-state index contributed by atoms with van der Waals surface area (Å²) < 4.78 is 0.450. The first-order chi connectivity index (χ1) is 9.24. The van der Waals surface area contributed by atoms with E-state index >= 15 is 0 Å². The van der Waals surface area contributed by atoms with Crippen LogP contribution in [0.3, 0.4) is 0 Å². The summed E-state index contributed by atoms with van der Waals surface area (Å²) in [5.74, 6) is 0.793. The van der Waals surface area contributed by atoms with Gasteiger partial charge in [-0.3, -0.25) is 0 Å². The minimum absolute atomic E-state index is 0.134. The summed E-state index contributed by atoms with van der Waals surface area (Å²) >= 11 is 2.03. The van der Waals surface area contributed by atoms with Gasteiger partial charge in [0.1, 0.15) is 0 Å². The van der Waals surface area contributed by atoms with Crippen LogP contribution in [-0.2, 0) is 0 Å². The van der Waals surface area contributed by atoms with Crippen molar-refractivity contribution in [1.82, 2.24) is 5.32 Å². The molecule has 0 radical (unpaired) electrons. The lowest BCUT2D eigenvalue weighted by atomic mass is 9.88. The second-order valence-electron chi connectivity index (χ2n) is 6.62. The smallest absolute Gasteiger partial charge is 0.0667 e. The van der Waals surface area contributed by atoms with Gasteiger partial charge in [0, 0.05) is 17.8 Å².